The SMILES string of the molecule is CCCOc1ccc(C2=C(Nc3ccc(N(CC)CC)cc3)C(=O)N(CCCOC)C2=O)cc1. The van der Waals surface area contributed by atoms with E-state index in [1.165, 1.54) is 4.90 Å². The van der Waals surface area contributed by atoms with Gasteiger partial charge in [0.15, 0.2) is 0 Å². The molecule has 7 nitrogen and oxygen atoms in total. The predicted molar refractivity (Wildman–Crippen MR) is 136 cm³/mol. The third-order valence-electron chi connectivity index (χ3n) is 5.78. The van der Waals surface area contributed by atoms with Crippen molar-refractivity contribution < 1.29 is 19.1 Å². The lowest BCUT2D eigenvalue weighted by Gasteiger charge is -2.21. The van der Waals surface area contributed by atoms with Gasteiger partial charge in [-0.2, -0.15) is 0 Å². The Balaban J connectivity index is 1.91. The van der Waals surface area contributed by atoms with Crippen LogP contribution < -0.4 is 15.0 Å². The highest BCUT2D eigenvalue weighted by Gasteiger charge is 2.38. The maximum absolute atomic E-state index is 13.3. The standard InChI is InChI=1S/C27H35N3O4/c1-5-18-34-23-15-9-20(10-16-23)24-25(27(32)30(26(24)31)17-8-19-33-4)28-21-11-13-22(14-12-21)29(6-2)7-3/h9-16,28H,5-8,17-19H2,1-4H3. The number of anilines is 2. The van der Waals surface area contributed by atoms with Crippen LogP contribution >= 0.6 is 0 Å². The van der Waals surface area contributed by atoms with Crippen LogP contribution in [0.3, 0.4) is 0 Å². The summed E-state index contributed by atoms with van der Waals surface area (Å²) in [5.41, 5.74) is 3.21. The van der Waals surface area contributed by atoms with Crippen molar-refractivity contribution in [2.75, 3.05) is 50.2 Å². The van der Waals surface area contributed by atoms with Crippen molar-refractivity contribution in [1.29, 1.82) is 0 Å². The van der Waals surface area contributed by atoms with Crippen LogP contribution in [0.25, 0.3) is 5.57 Å². The van der Waals surface area contributed by atoms with Gasteiger partial charge in [0, 0.05) is 44.7 Å². The molecular weight excluding hydrogens is 430 g/mol. The summed E-state index contributed by atoms with van der Waals surface area (Å²) >= 11 is 0. The van der Waals surface area contributed by atoms with Crippen LogP contribution in [-0.2, 0) is 14.3 Å². The molecule has 3 rings (SSSR count). The molecule has 0 radical (unpaired) electrons. The van der Waals surface area contributed by atoms with E-state index in [1.807, 2.05) is 55.5 Å². The fourth-order valence-corrected chi connectivity index (χ4v) is 3.96. The normalized spacial score (nSPS) is 13.6. The van der Waals surface area contributed by atoms with Crippen LogP contribution in [-0.4, -0.2) is 56.7 Å². The van der Waals surface area contributed by atoms with E-state index in [4.69, 9.17) is 9.47 Å². The number of hydrogen-bond donors (Lipinski definition) is 1. The highest BCUT2D eigenvalue weighted by Crippen LogP contribution is 2.32. The Morgan fingerprint density at radius 1 is 0.882 bits per heavy atom. The van der Waals surface area contributed by atoms with Crippen molar-refractivity contribution in [2.45, 2.75) is 33.6 Å². The molecule has 2 amide bonds. The monoisotopic (exact) mass is 465 g/mol. The number of rotatable bonds is 13. The average Bonchev–Trinajstić information content (AvgIpc) is 3.09. The number of methoxy groups -OCH3 is 1. The molecule has 0 saturated carbocycles. The number of nitrogens with zero attached hydrogens (tertiary/aromatic N) is 2. The first kappa shape index (κ1) is 25.3. The zero-order valence-corrected chi connectivity index (χ0v) is 20.6. The minimum absolute atomic E-state index is 0.292. The number of hydrogen-bond acceptors (Lipinski definition) is 6. The summed E-state index contributed by atoms with van der Waals surface area (Å²) in [5.74, 6) is 0.113. The molecule has 34 heavy (non-hydrogen) atoms. The van der Waals surface area contributed by atoms with E-state index in [1.54, 1.807) is 7.11 Å². The molecule has 0 bridgehead atoms. The van der Waals surface area contributed by atoms with Crippen LogP contribution in [0, 0.1) is 0 Å². The molecule has 0 fully saturated rings. The molecule has 0 unspecified atom stereocenters. The van der Waals surface area contributed by atoms with Gasteiger partial charge in [0.1, 0.15) is 11.4 Å². The van der Waals surface area contributed by atoms with Gasteiger partial charge >= 0.3 is 0 Å². The van der Waals surface area contributed by atoms with Gasteiger partial charge in [0.25, 0.3) is 11.8 Å². The number of imide groups is 1. The molecule has 0 aromatic heterocycles. The quantitative estimate of drug-likeness (QED) is 0.346. The predicted octanol–water partition coefficient (Wildman–Crippen LogP) is 4.55. The van der Waals surface area contributed by atoms with Crippen molar-refractivity contribution >= 4 is 28.8 Å². The molecule has 1 aliphatic heterocycles. The van der Waals surface area contributed by atoms with Gasteiger partial charge in [-0.15, -0.1) is 0 Å². The van der Waals surface area contributed by atoms with Crippen molar-refractivity contribution in [1.82, 2.24) is 4.90 Å². The number of carbonyl (C=O) groups is 2. The van der Waals surface area contributed by atoms with Gasteiger partial charge in [-0.1, -0.05) is 19.1 Å². The Labute approximate surface area is 202 Å². The molecule has 1 aliphatic rings. The highest BCUT2D eigenvalue weighted by molar-refractivity contribution is 6.36. The van der Waals surface area contributed by atoms with Crippen molar-refractivity contribution in [3.63, 3.8) is 0 Å². The summed E-state index contributed by atoms with van der Waals surface area (Å²) in [4.78, 5) is 30.1. The number of amides is 2. The minimum atomic E-state index is -0.324. The van der Waals surface area contributed by atoms with Crippen molar-refractivity contribution in [2.24, 2.45) is 0 Å². The smallest absolute Gasteiger partial charge is 0.278 e. The van der Waals surface area contributed by atoms with Crippen LogP contribution in [0.1, 0.15) is 39.2 Å². The second-order valence-electron chi connectivity index (χ2n) is 8.08. The molecule has 2 aromatic rings. The lowest BCUT2D eigenvalue weighted by atomic mass is 10.0. The largest absolute Gasteiger partial charge is 0.494 e. The zero-order valence-electron chi connectivity index (χ0n) is 20.6. The summed E-state index contributed by atoms with van der Waals surface area (Å²) in [7, 11) is 1.61. The minimum Gasteiger partial charge on any atom is -0.494 e. The van der Waals surface area contributed by atoms with Crippen LogP contribution in [0.4, 0.5) is 11.4 Å². The first-order valence-corrected chi connectivity index (χ1v) is 12.0. The van der Waals surface area contributed by atoms with Gasteiger partial charge < -0.3 is 19.7 Å². The molecule has 0 atom stereocenters. The summed E-state index contributed by atoms with van der Waals surface area (Å²) in [6, 6.07) is 15.2. The number of benzene rings is 2. The summed E-state index contributed by atoms with van der Waals surface area (Å²) in [6.45, 7) is 9.53. The van der Waals surface area contributed by atoms with E-state index >= 15 is 0 Å². The third kappa shape index (κ3) is 5.78. The van der Waals surface area contributed by atoms with Gasteiger partial charge in [-0.25, -0.2) is 0 Å². The molecule has 1 heterocycles. The molecule has 0 spiro atoms. The van der Waals surface area contributed by atoms with E-state index in [9.17, 15) is 9.59 Å². The Bertz CT molecular complexity index is 996. The van der Waals surface area contributed by atoms with Crippen LogP contribution in [0.5, 0.6) is 5.75 Å². The number of nitrogens with one attached hydrogen (secondary N) is 1. The Morgan fingerprint density at radius 2 is 1.56 bits per heavy atom. The Kier molecular flexibility index (Phi) is 9.10. The van der Waals surface area contributed by atoms with E-state index in [0.717, 1.165) is 36.6 Å². The molecule has 0 saturated heterocycles. The molecule has 0 aliphatic carbocycles. The average molecular weight is 466 g/mol. The third-order valence-corrected chi connectivity index (χ3v) is 5.78. The maximum Gasteiger partial charge on any atom is 0.278 e. The second kappa shape index (κ2) is 12.2. The lowest BCUT2D eigenvalue weighted by molar-refractivity contribution is -0.136. The van der Waals surface area contributed by atoms with Crippen LogP contribution in [0.2, 0.25) is 0 Å². The number of ether oxygens (including phenoxy) is 2. The zero-order chi connectivity index (χ0) is 24.5. The van der Waals surface area contributed by atoms with Crippen molar-refractivity contribution in [3.05, 3.63) is 59.8 Å². The summed E-state index contributed by atoms with van der Waals surface area (Å²) < 4.78 is 10.8. The van der Waals surface area contributed by atoms with Gasteiger partial charge in [0.2, 0.25) is 0 Å². The molecule has 2 aromatic carbocycles. The van der Waals surface area contributed by atoms with Crippen LogP contribution in [0.15, 0.2) is 54.2 Å². The molecule has 182 valence electrons. The number of carbonyl (C=O) groups excluding carboxylic acids is 2. The van der Waals surface area contributed by atoms with E-state index in [-0.39, 0.29) is 11.8 Å². The molecule has 1 N–H and O–H groups in total. The first-order valence-electron chi connectivity index (χ1n) is 12.0. The fourth-order valence-electron chi connectivity index (χ4n) is 3.96. The summed E-state index contributed by atoms with van der Waals surface area (Å²) in [6.07, 6.45) is 1.49. The second-order valence-corrected chi connectivity index (χ2v) is 8.08. The van der Waals surface area contributed by atoms with Gasteiger partial charge in [-0.3, -0.25) is 14.5 Å². The van der Waals surface area contributed by atoms with E-state index < -0.39 is 0 Å². The Morgan fingerprint density at radius 3 is 2.15 bits per heavy atom. The van der Waals surface area contributed by atoms with E-state index in [2.05, 4.69) is 24.1 Å². The summed E-state index contributed by atoms with van der Waals surface area (Å²) in [5, 5.41) is 3.23. The lowest BCUT2D eigenvalue weighted by Crippen LogP contribution is -2.33. The molecular formula is C27H35N3O4. The first-order chi connectivity index (χ1) is 16.5. The van der Waals surface area contributed by atoms with Crippen molar-refractivity contribution in [3.8, 4) is 5.75 Å². The van der Waals surface area contributed by atoms with Gasteiger partial charge in [-0.05, 0) is 68.7 Å². The fraction of sp³-hybridized carbons (Fsp3) is 0.407. The Hall–Kier alpha value is -3.32. The topological polar surface area (TPSA) is 71.1 Å². The van der Waals surface area contributed by atoms with Gasteiger partial charge in [0.05, 0.1) is 12.2 Å². The highest BCUT2D eigenvalue weighted by atomic mass is 16.5. The molecule has 7 heteroatoms. The maximum atomic E-state index is 13.3. The van der Waals surface area contributed by atoms with E-state index in [0.29, 0.717) is 43.0 Å².